The molecule has 1 aliphatic carbocycles. The molecule has 1 saturated heterocycles. The van der Waals surface area contributed by atoms with Crippen LogP contribution >= 0.6 is 0 Å². The maximum atomic E-state index is 13.3. The second-order valence-electron chi connectivity index (χ2n) is 7.95. The first-order chi connectivity index (χ1) is 13.6. The highest BCUT2D eigenvalue weighted by atomic mass is 16.5. The van der Waals surface area contributed by atoms with Gasteiger partial charge in [-0.25, -0.2) is 4.79 Å². The van der Waals surface area contributed by atoms with E-state index in [1.165, 1.54) is 25.7 Å². The van der Waals surface area contributed by atoms with Gasteiger partial charge in [-0.05, 0) is 37.8 Å². The number of carbonyl (C=O) groups is 2. The summed E-state index contributed by atoms with van der Waals surface area (Å²) in [5, 5.41) is 3.09. The van der Waals surface area contributed by atoms with Gasteiger partial charge in [0.1, 0.15) is 5.75 Å². The maximum Gasteiger partial charge on any atom is 0.322 e. The number of rotatable bonds is 4. The first-order valence-electron chi connectivity index (χ1n) is 10.6. The zero-order valence-corrected chi connectivity index (χ0v) is 17.2. The van der Waals surface area contributed by atoms with Crippen LogP contribution in [0.1, 0.15) is 58.3 Å². The molecule has 0 radical (unpaired) electrons. The number of urea groups is 1. The molecule has 1 aromatic rings. The Morgan fingerprint density at radius 3 is 2.29 bits per heavy atom. The highest BCUT2D eigenvalue weighted by Crippen LogP contribution is 2.28. The third-order valence-electron chi connectivity index (χ3n) is 6.08. The van der Waals surface area contributed by atoms with Crippen LogP contribution in [0.4, 0.5) is 10.5 Å². The fourth-order valence-corrected chi connectivity index (χ4v) is 4.51. The standard InChI is InChI=1S/C22H33N3O3/c1-17(26)24-14-12-20(13-15-24)25(19-9-5-3-4-6-10-19)22(27)23-18-8-7-11-21(16-18)28-2/h7-8,11,16,19-20H,3-6,9-10,12-15H2,1-2H3,(H,23,27). The number of nitrogens with one attached hydrogen (secondary N) is 1. The van der Waals surface area contributed by atoms with Crippen molar-refractivity contribution in [3.8, 4) is 5.75 Å². The monoisotopic (exact) mass is 387 g/mol. The zero-order valence-electron chi connectivity index (χ0n) is 17.2. The van der Waals surface area contributed by atoms with Crippen LogP contribution in [-0.4, -0.2) is 54.0 Å². The summed E-state index contributed by atoms with van der Waals surface area (Å²) in [6, 6.07) is 7.94. The highest BCUT2D eigenvalue weighted by molar-refractivity contribution is 5.90. The molecule has 1 aromatic carbocycles. The fourth-order valence-electron chi connectivity index (χ4n) is 4.51. The SMILES string of the molecule is COc1cccc(NC(=O)N(C2CCCCCC2)C2CCN(C(C)=O)CC2)c1. The Balaban J connectivity index is 1.75. The summed E-state index contributed by atoms with van der Waals surface area (Å²) >= 11 is 0. The lowest BCUT2D eigenvalue weighted by Gasteiger charge is -2.42. The second kappa shape index (κ2) is 9.80. The fraction of sp³-hybridized carbons (Fsp3) is 0.636. The molecule has 154 valence electrons. The molecule has 28 heavy (non-hydrogen) atoms. The summed E-state index contributed by atoms with van der Waals surface area (Å²) < 4.78 is 5.28. The quantitative estimate of drug-likeness (QED) is 0.785. The van der Waals surface area contributed by atoms with E-state index in [2.05, 4.69) is 10.2 Å². The average molecular weight is 388 g/mol. The number of benzene rings is 1. The Morgan fingerprint density at radius 1 is 1.04 bits per heavy atom. The maximum absolute atomic E-state index is 13.3. The third kappa shape index (κ3) is 5.18. The number of piperidine rings is 1. The lowest BCUT2D eigenvalue weighted by Crippen LogP contribution is -2.53. The molecule has 0 aromatic heterocycles. The summed E-state index contributed by atoms with van der Waals surface area (Å²) in [7, 11) is 1.63. The van der Waals surface area contributed by atoms with Gasteiger partial charge in [-0.3, -0.25) is 4.79 Å². The van der Waals surface area contributed by atoms with Crippen molar-refractivity contribution >= 4 is 17.6 Å². The predicted octanol–water partition coefficient (Wildman–Crippen LogP) is 4.26. The van der Waals surface area contributed by atoms with Crippen LogP contribution in [0.25, 0.3) is 0 Å². The number of amides is 3. The van der Waals surface area contributed by atoms with Crippen LogP contribution in [0.15, 0.2) is 24.3 Å². The van der Waals surface area contributed by atoms with Gasteiger partial charge in [0.15, 0.2) is 0 Å². The Hall–Kier alpha value is -2.24. The van der Waals surface area contributed by atoms with Crippen molar-refractivity contribution in [3.63, 3.8) is 0 Å². The van der Waals surface area contributed by atoms with Gasteiger partial charge in [-0.1, -0.05) is 31.7 Å². The largest absolute Gasteiger partial charge is 0.497 e. The summed E-state index contributed by atoms with van der Waals surface area (Å²) in [5.74, 6) is 0.855. The van der Waals surface area contributed by atoms with Crippen LogP contribution in [-0.2, 0) is 4.79 Å². The van der Waals surface area contributed by atoms with E-state index in [9.17, 15) is 9.59 Å². The molecule has 3 amide bonds. The molecule has 0 unspecified atom stereocenters. The molecule has 0 spiro atoms. The number of hydrogen-bond donors (Lipinski definition) is 1. The number of hydrogen-bond acceptors (Lipinski definition) is 3. The molecule has 1 aliphatic heterocycles. The lowest BCUT2D eigenvalue weighted by molar-refractivity contribution is -0.130. The summed E-state index contributed by atoms with van der Waals surface area (Å²) in [6.07, 6.45) is 8.70. The molecule has 0 bridgehead atoms. The topological polar surface area (TPSA) is 61.9 Å². The van der Waals surface area contributed by atoms with Gasteiger partial charge in [-0.15, -0.1) is 0 Å². The minimum Gasteiger partial charge on any atom is -0.497 e. The number of ether oxygens (including phenoxy) is 1. The van der Waals surface area contributed by atoms with Crippen molar-refractivity contribution in [2.24, 2.45) is 0 Å². The van der Waals surface area contributed by atoms with Gasteiger partial charge in [0.05, 0.1) is 7.11 Å². The molecule has 2 fully saturated rings. The number of likely N-dealkylation sites (tertiary alicyclic amines) is 1. The van der Waals surface area contributed by atoms with Crippen molar-refractivity contribution in [2.75, 3.05) is 25.5 Å². The van der Waals surface area contributed by atoms with Crippen molar-refractivity contribution in [2.45, 2.75) is 70.4 Å². The molecule has 6 heteroatoms. The van der Waals surface area contributed by atoms with Gasteiger partial charge >= 0.3 is 6.03 Å². The van der Waals surface area contributed by atoms with E-state index < -0.39 is 0 Å². The second-order valence-corrected chi connectivity index (χ2v) is 7.95. The predicted molar refractivity (Wildman–Crippen MR) is 111 cm³/mol. The number of carbonyl (C=O) groups excluding carboxylic acids is 2. The first kappa shape index (κ1) is 20.5. The van der Waals surface area contributed by atoms with Crippen LogP contribution in [0.5, 0.6) is 5.75 Å². The summed E-state index contributed by atoms with van der Waals surface area (Å²) in [6.45, 7) is 3.09. The minimum absolute atomic E-state index is 0.0265. The number of nitrogens with zero attached hydrogens (tertiary/aromatic N) is 2. The zero-order chi connectivity index (χ0) is 19.9. The molecule has 3 rings (SSSR count). The Bertz CT molecular complexity index is 663. The van der Waals surface area contributed by atoms with Crippen molar-refractivity contribution in [1.82, 2.24) is 9.80 Å². The average Bonchev–Trinajstić information content (AvgIpc) is 2.98. The van der Waals surface area contributed by atoms with Crippen LogP contribution in [0, 0.1) is 0 Å². The number of anilines is 1. The minimum atomic E-state index is -0.0265. The van der Waals surface area contributed by atoms with Gasteiger partial charge in [0, 0.05) is 43.9 Å². The third-order valence-corrected chi connectivity index (χ3v) is 6.08. The molecule has 0 atom stereocenters. The van der Waals surface area contributed by atoms with Crippen molar-refractivity contribution in [3.05, 3.63) is 24.3 Å². The van der Waals surface area contributed by atoms with Gasteiger partial charge in [0.25, 0.3) is 0 Å². The molecule has 6 nitrogen and oxygen atoms in total. The van der Waals surface area contributed by atoms with E-state index in [0.29, 0.717) is 0 Å². The molecular weight excluding hydrogens is 354 g/mol. The van der Waals surface area contributed by atoms with E-state index in [1.54, 1.807) is 14.0 Å². The molecule has 1 N–H and O–H groups in total. The van der Waals surface area contributed by atoms with Crippen molar-refractivity contribution < 1.29 is 14.3 Å². The van der Waals surface area contributed by atoms with E-state index >= 15 is 0 Å². The summed E-state index contributed by atoms with van der Waals surface area (Å²) in [5.41, 5.74) is 0.754. The van der Waals surface area contributed by atoms with E-state index in [1.807, 2.05) is 29.2 Å². The first-order valence-corrected chi connectivity index (χ1v) is 10.6. The van der Waals surface area contributed by atoms with E-state index in [-0.39, 0.29) is 24.0 Å². The Morgan fingerprint density at radius 2 is 1.68 bits per heavy atom. The van der Waals surface area contributed by atoms with Crippen molar-refractivity contribution in [1.29, 1.82) is 0 Å². The van der Waals surface area contributed by atoms with Crippen LogP contribution < -0.4 is 10.1 Å². The molecule has 1 heterocycles. The van der Waals surface area contributed by atoms with Gasteiger partial charge in [-0.2, -0.15) is 0 Å². The summed E-state index contributed by atoms with van der Waals surface area (Å²) in [4.78, 5) is 29.0. The lowest BCUT2D eigenvalue weighted by atomic mass is 9.98. The Kier molecular flexibility index (Phi) is 7.18. The highest BCUT2D eigenvalue weighted by Gasteiger charge is 2.34. The molecule has 1 saturated carbocycles. The Labute approximate surface area is 168 Å². The number of methoxy groups -OCH3 is 1. The van der Waals surface area contributed by atoms with Crippen LogP contribution in [0.3, 0.4) is 0 Å². The van der Waals surface area contributed by atoms with Gasteiger partial charge in [0.2, 0.25) is 5.91 Å². The smallest absolute Gasteiger partial charge is 0.322 e. The molecule has 2 aliphatic rings. The van der Waals surface area contributed by atoms with E-state index in [0.717, 1.165) is 50.2 Å². The molecular formula is C22H33N3O3. The van der Waals surface area contributed by atoms with Gasteiger partial charge < -0.3 is 19.9 Å². The normalized spacial score (nSPS) is 19.0. The van der Waals surface area contributed by atoms with Crippen LogP contribution in [0.2, 0.25) is 0 Å². The van der Waals surface area contributed by atoms with E-state index in [4.69, 9.17) is 4.74 Å².